The van der Waals surface area contributed by atoms with E-state index in [1.807, 2.05) is 44.4 Å². The molecular formula is C17H26N2O3S. The van der Waals surface area contributed by atoms with Crippen molar-refractivity contribution in [2.75, 3.05) is 40.3 Å². The molecule has 1 aromatic rings. The van der Waals surface area contributed by atoms with Crippen LogP contribution in [0.15, 0.2) is 35.7 Å². The molecule has 128 valence electrons. The highest BCUT2D eigenvalue weighted by molar-refractivity contribution is 7.92. The Morgan fingerprint density at radius 3 is 2.48 bits per heavy atom. The van der Waals surface area contributed by atoms with Crippen molar-refractivity contribution in [2.45, 2.75) is 18.9 Å². The van der Waals surface area contributed by atoms with Gasteiger partial charge in [0.2, 0.25) is 10.0 Å². The first-order valence-electron chi connectivity index (χ1n) is 7.97. The second-order valence-electron chi connectivity index (χ2n) is 6.03. The van der Waals surface area contributed by atoms with Crippen LogP contribution < -0.4 is 0 Å². The molecule has 0 bridgehead atoms. The van der Waals surface area contributed by atoms with Crippen LogP contribution in [0.3, 0.4) is 0 Å². The second kappa shape index (κ2) is 8.59. The highest BCUT2D eigenvalue weighted by atomic mass is 32.2. The second-order valence-corrected chi connectivity index (χ2v) is 7.85. The molecule has 0 spiro atoms. The van der Waals surface area contributed by atoms with E-state index in [1.54, 1.807) is 6.08 Å². The molecule has 1 aliphatic rings. The molecule has 1 aromatic carbocycles. The van der Waals surface area contributed by atoms with Crippen LogP contribution in [0.25, 0.3) is 6.08 Å². The van der Waals surface area contributed by atoms with Crippen LogP contribution in [0.4, 0.5) is 0 Å². The molecular weight excluding hydrogens is 312 g/mol. The maximum absolute atomic E-state index is 12.4. The Morgan fingerprint density at radius 1 is 1.22 bits per heavy atom. The number of ether oxygens (including phenoxy) is 1. The summed E-state index contributed by atoms with van der Waals surface area (Å²) in [4.78, 5) is 2.08. The Hall–Kier alpha value is -1.21. The molecule has 0 aromatic heterocycles. The third-order valence-electron chi connectivity index (χ3n) is 3.88. The van der Waals surface area contributed by atoms with E-state index in [-0.39, 0.29) is 6.10 Å². The van der Waals surface area contributed by atoms with E-state index in [1.165, 1.54) is 9.71 Å². The lowest BCUT2D eigenvalue weighted by Crippen LogP contribution is -2.40. The summed E-state index contributed by atoms with van der Waals surface area (Å²) in [6.07, 6.45) is 3.33. The van der Waals surface area contributed by atoms with Gasteiger partial charge in [0.05, 0.1) is 12.7 Å². The first kappa shape index (κ1) is 18.1. The maximum Gasteiger partial charge on any atom is 0.236 e. The van der Waals surface area contributed by atoms with Gasteiger partial charge in [0, 0.05) is 25.0 Å². The molecule has 0 atom stereocenters. The first-order valence-corrected chi connectivity index (χ1v) is 9.47. The lowest BCUT2D eigenvalue weighted by atomic mass is 10.1. The summed E-state index contributed by atoms with van der Waals surface area (Å²) < 4.78 is 32.1. The molecule has 0 saturated carbocycles. The van der Waals surface area contributed by atoms with Crippen LogP contribution in [-0.2, 0) is 14.8 Å². The highest BCUT2D eigenvalue weighted by Crippen LogP contribution is 2.18. The van der Waals surface area contributed by atoms with Crippen molar-refractivity contribution in [1.82, 2.24) is 9.21 Å². The molecule has 6 heteroatoms. The Labute approximate surface area is 139 Å². The Balaban J connectivity index is 1.83. The SMILES string of the molecule is CN(C)CCOC1CCN(S(=O)(=O)/C=C/c2ccccc2)CC1. The molecule has 0 radical (unpaired) electrons. The van der Waals surface area contributed by atoms with Crippen molar-refractivity contribution >= 4 is 16.1 Å². The Morgan fingerprint density at radius 2 is 1.87 bits per heavy atom. The topological polar surface area (TPSA) is 49.9 Å². The van der Waals surface area contributed by atoms with Gasteiger partial charge in [-0.15, -0.1) is 0 Å². The molecule has 1 saturated heterocycles. The molecule has 0 amide bonds. The molecule has 0 unspecified atom stereocenters. The summed E-state index contributed by atoms with van der Waals surface area (Å²) in [6.45, 7) is 2.62. The lowest BCUT2D eigenvalue weighted by Gasteiger charge is -2.30. The standard InChI is InChI=1S/C17H26N2O3S/c1-18(2)13-14-22-17-8-11-19(12-9-17)23(20,21)15-10-16-6-4-3-5-7-16/h3-7,10,15,17H,8-9,11-14H2,1-2H3/b15-10+. The first-order chi connectivity index (χ1) is 11.0. The van der Waals surface area contributed by atoms with Crippen LogP contribution in [0, 0.1) is 0 Å². The van der Waals surface area contributed by atoms with Crippen LogP contribution >= 0.6 is 0 Å². The summed E-state index contributed by atoms with van der Waals surface area (Å²) in [6, 6.07) is 9.46. The average molecular weight is 338 g/mol. The van der Waals surface area contributed by atoms with Crippen LogP contribution in [-0.4, -0.2) is 64.1 Å². The molecule has 0 N–H and O–H groups in total. The van der Waals surface area contributed by atoms with E-state index in [4.69, 9.17) is 4.74 Å². The number of sulfonamides is 1. The third kappa shape index (κ3) is 6.06. The van der Waals surface area contributed by atoms with Gasteiger partial charge in [0.25, 0.3) is 0 Å². The van der Waals surface area contributed by atoms with Gasteiger partial charge in [-0.1, -0.05) is 30.3 Å². The fraction of sp³-hybridized carbons (Fsp3) is 0.529. The Kier molecular flexibility index (Phi) is 6.77. The van der Waals surface area contributed by atoms with Crippen LogP contribution in [0.2, 0.25) is 0 Å². The van der Waals surface area contributed by atoms with E-state index >= 15 is 0 Å². The van der Waals surface area contributed by atoms with Crippen molar-refractivity contribution in [3.63, 3.8) is 0 Å². The predicted octanol–water partition coefficient (Wildman–Crippen LogP) is 2.03. The van der Waals surface area contributed by atoms with Crippen molar-refractivity contribution in [2.24, 2.45) is 0 Å². The molecule has 2 rings (SSSR count). The van der Waals surface area contributed by atoms with E-state index in [0.29, 0.717) is 19.7 Å². The van der Waals surface area contributed by atoms with Gasteiger partial charge < -0.3 is 9.64 Å². The van der Waals surface area contributed by atoms with Crippen molar-refractivity contribution in [3.05, 3.63) is 41.3 Å². The van der Waals surface area contributed by atoms with Gasteiger partial charge in [-0.05, 0) is 38.6 Å². The maximum atomic E-state index is 12.4. The summed E-state index contributed by atoms with van der Waals surface area (Å²) in [7, 11) is 0.673. The monoisotopic (exact) mass is 338 g/mol. The number of likely N-dealkylation sites (N-methyl/N-ethyl adjacent to an activating group) is 1. The van der Waals surface area contributed by atoms with Gasteiger partial charge in [-0.2, -0.15) is 4.31 Å². The van der Waals surface area contributed by atoms with Gasteiger partial charge in [-0.25, -0.2) is 8.42 Å². The largest absolute Gasteiger partial charge is 0.377 e. The quantitative estimate of drug-likeness (QED) is 0.763. The van der Waals surface area contributed by atoms with E-state index in [9.17, 15) is 8.42 Å². The van der Waals surface area contributed by atoms with Crippen LogP contribution in [0.1, 0.15) is 18.4 Å². The molecule has 23 heavy (non-hydrogen) atoms. The fourth-order valence-electron chi connectivity index (χ4n) is 2.47. The Bertz CT molecular complexity index is 592. The minimum Gasteiger partial charge on any atom is -0.377 e. The highest BCUT2D eigenvalue weighted by Gasteiger charge is 2.26. The van der Waals surface area contributed by atoms with Gasteiger partial charge in [0.15, 0.2) is 0 Å². The van der Waals surface area contributed by atoms with Gasteiger partial charge in [0.1, 0.15) is 0 Å². The summed E-state index contributed by atoms with van der Waals surface area (Å²) in [5.41, 5.74) is 0.887. The summed E-state index contributed by atoms with van der Waals surface area (Å²) >= 11 is 0. The zero-order valence-corrected chi connectivity index (χ0v) is 14.7. The summed E-state index contributed by atoms with van der Waals surface area (Å²) in [5, 5.41) is 1.30. The number of hydrogen-bond donors (Lipinski definition) is 0. The fourth-order valence-corrected chi connectivity index (χ4v) is 3.69. The number of piperidine rings is 1. The molecule has 1 aliphatic heterocycles. The van der Waals surface area contributed by atoms with Gasteiger partial charge >= 0.3 is 0 Å². The number of nitrogens with zero attached hydrogens (tertiary/aromatic N) is 2. The average Bonchev–Trinajstić information content (AvgIpc) is 2.54. The minimum absolute atomic E-state index is 0.166. The predicted molar refractivity (Wildman–Crippen MR) is 93.5 cm³/mol. The zero-order valence-electron chi connectivity index (χ0n) is 13.9. The van der Waals surface area contributed by atoms with Gasteiger partial charge in [-0.3, -0.25) is 0 Å². The smallest absolute Gasteiger partial charge is 0.236 e. The van der Waals surface area contributed by atoms with E-state index in [0.717, 1.165) is 24.9 Å². The number of rotatable bonds is 7. The third-order valence-corrected chi connectivity index (χ3v) is 5.45. The van der Waals surface area contributed by atoms with E-state index < -0.39 is 10.0 Å². The van der Waals surface area contributed by atoms with E-state index in [2.05, 4.69) is 4.90 Å². The molecule has 5 nitrogen and oxygen atoms in total. The van der Waals surface area contributed by atoms with Crippen molar-refractivity contribution < 1.29 is 13.2 Å². The molecule has 1 heterocycles. The number of benzene rings is 1. The molecule has 1 fully saturated rings. The normalized spacial score (nSPS) is 18.0. The number of hydrogen-bond acceptors (Lipinski definition) is 4. The van der Waals surface area contributed by atoms with Crippen molar-refractivity contribution in [3.8, 4) is 0 Å². The summed E-state index contributed by atoms with van der Waals surface area (Å²) in [5.74, 6) is 0. The minimum atomic E-state index is -3.35. The molecule has 0 aliphatic carbocycles. The lowest BCUT2D eigenvalue weighted by molar-refractivity contribution is 0.0150. The zero-order chi connectivity index (χ0) is 16.7. The van der Waals surface area contributed by atoms with Crippen LogP contribution in [0.5, 0.6) is 0 Å². The van der Waals surface area contributed by atoms with Crippen molar-refractivity contribution in [1.29, 1.82) is 0 Å².